The van der Waals surface area contributed by atoms with Crippen molar-refractivity contribution in [1.29, 1.82) is 0 Å². The van der Waals surface area contributed by atoms with E-state index in [2.05, 4.69) is 31.7 Å². The Hall–Kier alpha value is -1.65. The van der Waals surface area contributed by atoms with Crippen molar-refractivity contribution >= 4 is 29.9 Å². The summed E-state index contributed by atoms with van der Waals surface area (Å²) in [6, 6.07) is 0.581. The van der Waals surface area contributed by atoms with E-state index in [0.717, 1.165) is 37.1 Å². The highest BCUT2D eigenvalue weighted by molar-refractivity contribution is 14.0. The molecule has 0 aromatic carbocycles. The van der Waals surface area contributed by atoms with Crippen LogP contribution in [0.1, 0.15) is 42.4 Å². The standard InChI is InChI=1S/C17H26N8.HI/c1-12-21-22-16(24(12)3)9-18-17(20-15-4-5-15)25-7-6-13(11-25)14-8-19-23(2)10-14;/h8,10,13,15H,4-7,9,11H2,1-3H3,(H,18,20);1H. The third kappa shape index (κ3) is 4.18. The van der Waals surface area contributed by atoms with Crippen LogP contribution < -0.4 is 5.32 Å². The number of rotatable bonds is 4. The highest BCUT2D eigenvalue weighted by atomic mass is 127. The molecule has 1 saturated carbocycles. The van der Waals surface area contributed by atoms with Gasteiger partial charge in [-0.1, -0.05) is 0 Å². The molecule has 1 saturated heterocycles. The summed E-state index contributed by atoms with van der Waals surface area (Å²) >= 11 is 0. The van der Waals surface area contributed by atoms with Crippen LogP contribution in [0.2, 0.25) is 0 Å². The van der Waals surface area contributed by atoms with E-state index in [1.54, 1.807) is 0 Å². The Labute approximate surface area is 171 Å². The molecule has 1 aliphatic heterocycles. The Kier molecular flexibility index (Phi) is 5.83. The molecular formula is C17H27IN8. The molecule has 8 nitrogen and oxygen atoms in total. The molecule has 0 radical (unpaired) electrons. The lowest BCUT2D eigenvalue weighted by Gasteiger charge is -2.22. The number of likely N-dealkylation sites (tertiary alicyclic amines) is 1. The molecule has 2 aliphatic rings. The largest absolute Gasteiger partial charge is 0.353 e. The maximum Gasteiger partial charge on any atom is 0.194 e. The van der Waals surface area contributed by atoms with Crippen LogP contribution in [-0.4, -0.2) is 54.5 Å². The van der Waals surface area contributed by atoms with Crippen molar-refractivity contribution in [3.05, 3.63) is 29.6 Å². The Morgan fingerprint density at radius 3 is 2.69 bits per heavy atom. The summed E-state index contributed by atoms with van der Waals surface area (Å²) in [6.07, 6.45) is 7.73. The van der Waals surface area contributed by atoms with Gasteiger partial charge in [0.25, 0.3) is 0 Å². The number of nitrogens with zero attached hydrogens (tertiary/aromatic N) is 7. The van der Waals surface area contributed by atoms with Gasteiger partial charge in [0.1, 0.15) is 12.4 Å². The SMILES string of the molecule is Cc1nnc(CN=C(NC2CC2)N2CCC(c3cnn(C)c3)C2)n1C.I. The van der Waals surface area contributed by atoms with Gasteiger partial charge in [0.15, 0.2) is 11.8 Å². The second-order valence-corrected chi connectivity index (χ2v) is 7.16. The number of aromatic nitrogens is 5. The van der Waals surface area contributed by atoms with E-state index >= 15 is 0 Å². The minimum Gasteiger partial charge on any atom is -0.353 e. The molecule has 142 valence electrons. The molecule has 26 heavy (non-hydrogen) atoms. The van der Waals surface area contributed by atoms with Crippen LogP contribution in [0.15, 0.2) is 17.4 Å². The van der Waals surface area contributed by atoms with Crippen LogP contribution >= 0.6 is 24.0 Å². The first-order chi connectivity index (χ1) is 12.1. The zero-order valence-corrected chi connectivity index (χ0v) is 17.9. The highest BCUT2D eigenvalue weighted by Crippen LogP contribution is 2.27. The quantitative estimate of drug-likeness (QED) is 0.417. The maximum absolute atomic E-state index is 4.85. The lowest BCUT2D eigenvalue weighted by Crippen LogP contribution is -2.41. The van der Waals surface area contributed by atoms with E-state index in [9.17, 15) is 0 Å². The number of hydrogen-bond acceptors (Lipinski definition) is 4. The number of halogens is 1. The van der Waals surface area contributed by atoms with Gasteiger partial charge in [-0.25, -0.2) is 4.99 Å². The smallest absolute Gasteiger partial charge is 0.194 e. The van der Waals surface area contributed by atoms with Crippen LogP contribution in [0, 0.1) is 6.92 Å². The van der Waals surface area contributed by atoms with Gasteiger partial charge in [0.05, 0.1) is 6.20 Å². The Bertz CT molecular complexity index is 776. The molecule has 2 fully saturated rings. The summed E-state index contributed by atoms with van der Waals surface area (Å²) in [6.45, 7) is 4.53. The minimum atomic E-state index is 0. The summed E-state index contributed by atoms with van der Waals surface area (Å²) < 4.78 is 3.88. The molecule has 0 bridgehead atoms. The van der Waals surface area contributed by atoms with Crippen LogP contribution in [0.4, 0.5) is 0 Å². The Morgan fingerprint density at radius 2 is 2.08 bits per heavy atom. The van der Waals surface area contributed by atoms with E-state index in [-0.39, 0.29) is 24.0 Å². The van der Waals surface area contributed by atoms with Crippen molar-refractivity contribution in [2.75, 3.05) is 13.1 Å². The van der Waals surface area contributed by atoms with Gasteiger partial charge in [0.2, 0.25) is 0 Å². The van der Waals surface area contributed by atoms with Crippen molar-refractivity contribution in [3.8, 4) is 0 Å². The molecule has 3 heterocycles. The molecule has 4 rings (SSSR count). The lowest BCUT2D eigenvalue weighted by atomic mass is 10.0. The zero-order valence-electron chi connectivity index (χ0n) is 15.6. The maximum atomic E-state index is 4.85. The first-order valence-corrected chi connectivity index (χ1v) is 8.99. The zero-order chi connectivity index (χ0) is 17.4. The van der Waals surface area contributed by atoms with Gasteiger partial charge in [-0.05, 0) is 31.7 Å². The molecule has 1 aliphatic carbocycles. The molecular weight excluding hydrogens is 443 g/mol. The number of aliphatic imine (C=N–C) groups is 1. The van der Waals surface area contributed by atoms with Crippen molar-refractivity contribution in [3.63, 3.8) is 0 Å². The first-order valence-electron chi connectivity index (χ1n) is 8.99. The second-order valence-electron chi connectivity index (χ2n) is 7.16. The fourth-order valence-electron chi connectivity index (χ4n) is 3.26. The predicted molar refractivity (Wildman–Crippen MR) is 111 cm³/mol. The summed E-state index contributed by atoms with van der Waals surface area (Å²) in [7, 11) is 3.96. The second kappa shape index (κ2) is 7.93. The number of aryl methyl sites for hydroxylation is 2. The van der Waals surface area contributed by atoms with E-state index < -0.39 is 0 Å². The Morgan fingerprint density at radius 1 is 1.27 bits per heavy atom. The normalized spacial score (nSPS) is 20.3. The molecule has 1 unspecified atom stereocenters. The minimum absolute atomic E-state index is 0. The molecule has 0 spiro atoms. The monoisotopic (exact) mass is 470 g/mol. The number of nitrogens with one attached hydrogen (secondary N) is 1. The Balaban J connectivity index is 0.00000196. The van der Waals surface area contributed by atoms with Crippen molar-refractivity contribution in [1.82, 2.24) is 34.8 Å². The first kappa shape index (κ1) is 19.1. The number of hydrogen-bond donors (Lipinski definition) is 1. The fourth-order valence-corrected chi connectivity index (χ4v) is 3.26. The van der Waals surface area contributed by atoms with E-state index in [0.29, 0.717) is 18.5 Å². The van der Waals surface area contributed by atoms with Gasteiger partial charge < -0.3 is 14.8 Å². The summed E-state index contributed by atoms with van der Waals surface area (Å²) in [5.41, 5.74) is 1.32. The average Bonchev–Trinajstić information content (AvgIpc) is 2.97. The molecule has 1 N–H and O–H groups in total. The average molecular weight is 470 g/mol. The van der Waals surface area contributed by atoms with Gasteiger partial charge in [-0.2, -0.15) is 5.10 Å². The van der Waals surface area contributed by atoms with E-state index in [1.165, 1.54) is 18.4 Å². The summed E-state index contributed by atoms with van der Waals surface area (Å²) in [5.74, 6) is 3.35. The fraction of sp³-hybridized carbons (Fsp3) is 0.647. The van der Waals surface area contributed by atoms with Crippen LogP contribution in [0.25, 0.3) is 0 Å². The summed E-state index contributed by atoms with van der Waals surface area (Å²) in [5, 5.41) is 16.3. The van der Waals surface area contributed by atoms with Gasteiger partial charge >= 0.3 is 0 Å². The summed E-state index contributed by atoms with van der Waals surface area (Å²) in [4.78, 5) is 7.23. The topological polar surface area (TPSA) is 76.2 Å². The molecule has 2 aromatic heterocycles. The third-order valence-electron chi connectivity index (χ3n) is 5.15. The van der Waals surface area contributed by atoms with E-state index in [1.807, 2.05) is 36.5 Å². The van der Waals surface area contributed by atoms with Gasteiger partial charge in [-0.3, -0.25) is 4.68 Å². The molecule has 9 heteroatoms. The molecule has 0 amide bonds. The van der Waals surface area contributed by atoms with Crippen LogP contribution in [0.3, 0.4) is 0 Å². The van der Waals surface area contributed by atoms with E-state index in [4.69, 9.17) is 4.99 Å². The van der Waals surface area contributed by atoms with Gasteiger partial charge in [-0.15, -0.1) is 34.2 Å². The molecule has 1 atom stereocenters. The van der Waals surface area contributed by atoms with Gasteiger partial charge in [0, 0.05) is 45.3 Å². The lowest BCUT2D eigenvalue weighted by molar-refractivity contribution is 0.482. The van der Waals surface area contributed by atoms with Crippen molar-refractivity contribution in [2.45, 2.75) is 44.7 Å². The third-order valence-corrected chi connectivity index (χ3v) is 5.15. The van der Waals surface area contributed by atoms with Crippen LogP contribution in [-0.2, 0) is 20.6 Å². The predicted octanol–water partition coefficient (Wildman–Crippen LogP) is 1.57. The van der Waals surface area contributed by atoms with Crippen LogP contribution in [0.5, 0.6) is 0 Å². The number of guanidine groups is 1. The van der Waals surface area contributed by atoms with Crippen molar-refractivity contribution in [2.24, 2.45) is 19.1 Å². The highest BCUT2D eigenvalue weighted by Gasteiger charge is 2.30. The van der Waals surface area contributed by atoms with Crippen molar-refractivity contribution < 1.29 is 0 Å². The molecule has 2 aromatic rings.